The number of nitrogens with zero attached hydrogens (tertiary/aromatic N) is 1. The number of imide groups is 1. The van der Waals surface area contributed by atoms with Crippen molar-refractivity contribution in [1.29, 1.82) is 0 Å². The van der Waals surface area contributed by atoms with Gasteiger partial charge in [0, 0.05) is 25.3 Å². The van der Waals surface area contributed by atoms with Gasteiger partial charge in [-0.2, -0.15) is 0 Å². The van der Waals surface area contributed by atoms with Gasteiger partial charge in [-0.15, -0.1) is 0 Å². The smallest absolute Gasteiger partial charge is 0.338 e. The highest BCUT2D eigenvalue weighted by molar-refractivity contribution is 6.05. The molecule has 0 aromatic heterocycles. The molecule has 0 radical (unpaired) electrons. The van der Waals surface area contributed by atoms with Crippen molar-refractivity contribution >= 4 is 23.5 Å². The first-order valence-corrected chi connectivity index (χ1v) is 7.31. The summed E-state index contributed by atoms with van der Waals surface area (Å²) in [6, 6.07) is 15.2. The van der Waals surface area contributed by atoms with Crippen molar-refractivity contribution in [2.45, 2.75) is 0 Å². The van der Waals surface area contributed by atoms with Gasteiger partial charge in [0.1, 0.15) is 0 Å². The number of carbonyl (C=O) groups is 3. The molecule has 0 heterocycles. The Morgan fingerprint density at radius 2 is 1.62 bits per heavy atom. The largest absolute Gasteiger partial charge is 0.452 e. The van der Waals surface area contributed by atoms with Crippen molar-refractivity contribution in [3.8, 4) is 0 Å². The quantitative estimate of drug-likeness (QED) is 0.849. The second kappa shape index (κ2) is 7.92. The lowest BCUT2D eigenvalue weighted by Crippen LogP contribution is -2.34. The van der Waals surface area contributed by atoms with Crippen molar-refractivity contribution in [3.05, 3.63) is 65.7 Å². The number of nitrogens with one attached hydrogen (secondary N) is 1. The first kappa shape index (κ1) is 17.2. The number of hydrogen-bond donors (Lipinski definition) is 1. The summed E-state index contributed by atoms with van der Waals surface area (Å²) < 4.78 is 4.94. The molecule has 0 saturated heterocycles. The van der Waals surface area contributed by atoms with E-state index in [9.17, 15) is 14.4 Å². The highest BCUT2D eigenvalue weighted by Gasteiger charge is 2.14. The van der Waals surface area contributed by atoms with E-state index < -0.39 is 24.4 Å². The minimum Gasteiger partial charge on any atom is -0.452 e. The van der Waals surface area contributed by atoms with Gasteiger partial charge < -0.3 is 9.64 Å². The highest BCUT2D eigenvalue weighted by atomic mass is 16.5. The number of ether oxygens (including phenoxy) is 1. The Balaban J connectivity index is 1.88. The summed E-state index contributed by atoms with van der Waals surface area (Å²) in [7, 11) is 3.71. The van der Waals surface area contributed by atoms with Crippen LogP contribution in [0.5, 0.6) is 0 Å². The molecule has 0 aliphatic carbocycles. The molecule has 0 atom stereocenters. The molecule has 0 aliphatic rings. The van der Waals surface area contributed by atoms with Gasteiger partial charge >= 0.3 is 5.97 Å². The fraction of sp³-hybridized carbons (Fsp3) is 0.167. The second-order valence-electron chi connectivity index (χ2n) is 5.26. The molecule has 6 heteroatoms. The maximum absolute atomic E-state index is 12.0. The highest BCUT2D eigenvalue weighted by Crippen LogP contribution is 2.14. The van der Waals surface area contributed by atoms with Gasteiger partial charge in [0.25, 0.3) is 11.8 Å². The summed E-state index contributed by atoms with van der Waals surface area (Å²) in [5.41, 5.74) is 1.53. The van der Waals surface area contributed by atoms with Crippen LogP contribution in [0.4, 0.5) is 5.69 Å². The average Bonchev–Trinajstić information content (AvgIpc) is 2.60. The molecule has 2 aromatic rings. The zero-order valence-electron chi connectivity index (χ0n) is 13.5. The molecule has 6 nitrogen and oxygen atoms in total. The van der Waals surface area contributed by atoms with Crippen LogP contribution in [0, 0.1) is 0 Å². The molecular formula is C18H18N2O4. The number of rotatable bonds is 5. The van der Waals surface area contributed by atoms with Crippen molar-refractivity contribution < 1.29 is 19.1 Å². The van der Waals surface area contributed by atoms with Gasteiger partial charge in [-0.05, 0) is 30.3 Å². The molecule has 0 bridgehead atoms. The first-order chi connectivity index (χ1) is 11.5. The van der Waals surface area contributed by atoms with Gasteiger partial charge in [0.2, 0.25) is 0 Å². The Morgan fingerprint density at radius 1 is 0.958 bits per heavy atom. The van der Waals surface area contributed by atoms with Crippen LogP contribution in [0.2, 0.25) is 0 Å². The van der Waals surface area contributed by atoms with Crippen LogP contribution in [0.25, 0.3) is 0 Å². The van der Waals surface area contributed by atoms with Crippen molar-refractivity contribution in [3.63, 3.8) is 0 Å². The minimum atomic E-state index is -0.680. The number of amides is 2. The molecule has 1 N–H and O–H groups in total. The maximum Gasteiger partial charge on any atom is 0.338 e. The predicted molar refractivity (Wildman–Crippen MR) is 90.0 cm³/mol. The number of anilines is 1. The first-order valence-electron chi connectivity index (χ1n) is 7.31. The van der Waals surface area contributed by atoms with E-state index in [4.69, 9.17) is 4.74 Å². The Hall–Kier alpha value is -3.15. The van der Waals surface area contributed by atoms with Crippen LogP contribution in [-0.4, -0.2) is 38.5 Å². The molecule has 0 aliphatic heterocycles. The summed E-state index contributed by atoms with van der Waals surface area (Å²) in [4.78, 5) is 37.4. The third-order valence-electron chi connectivity index (χ3n) is 3.22. The third kappa shape index (κ3) is 4.67. The van der Waals surface area contributed by atoms with Crippen molar-refractivity contribution in [1.82, 2.24) is 5.32 Å². The van der Waals surface area contributed by atoms with Crippen LogP contribution < -0.4 is 10.2 Å². The average molecular weight is 326 g/mol. The Morgan fingerprint density at radius 3 is 2.29 bits per heavy atom. The van der Waals surface area contributed by atoms with Gasteiger partial charge in [0.15, 0.2) is 6.61 Å². The number of benzene rings is 2. The molecule has 124 valence electrons. The summed E-state index contributed by atoms with van der Waals surface area (Å²) in [5.74, 6) is -1.84. The van der Waals surface area contributed by atoms with E-state index in [1.54, 1.807) is 48.5 Å². The zero-order valence-corrected chi connectivity index (χ0v) is 13.5. The zero-order chi connectivity index (χ0) is 17.5. The van der Waals surface area contributed by atoms with E-state index >= 15 is 0 Å². The standard InChI is InChI=1S/C18H18N2O4/c1-20(2)15-10-6-9-14(11-15)18(23)24-12-16(21)19-17(22)13-7-4-3-5-8-13/h3-11H,12H2,1-2H3,(H,19,21,22). The molecule has 0 fully saturated rings. The number of esters is 1. The van der Waals surface area contributed by atoms with Crippen LogP contribution in [-0.2, 0) is 9.53 Å². The Bertz CT molecular complexity index is 742. The number of carbonyl (C=O) groups excluding carboxylic acids is 3. The minimum absolute atomic E-state index is 0.336. The van der Waals surface area contributed by atoms with Crippen LogP contribution in [0.1, 0.15) is 20.7 Å². The lowest BCUT2D eigenvalue weighted by atomic mass is 10.2. The lowest BCUT2D eigenvalue weighted by Gasteiger charge is -2.13. The van der Waals surface area contributed by atoms with E-state index in [0.717, 1.165) is 5.69 Å². The van der Waals surface area contributed by atoms with Crippen molar-refractivity contribution in [2.24, 2.45) is 0 Å². The normalized spacial score (nSPS) is 9.92. The van der Waals surface area contributed by atoms with E-state index in [2.05, 4.69) is 5.32 Å². The Kier molecular flexibility index (Phi) is 5.68. The van der Waals surface area contributed by atoms with Crippen LogP contribution >= 0.6 is 0 Å². The maximum atomic E-state index is 12.0. The topological polar surface area (TPSA) is 75.7 Å². The van der Waals surface area contributed by atoms with Crippen molar-refractivity contribution in [2.75, 3.05) is 25.6 Å². The molecule has 2 rings (SSSR count). The van der Waals surface area contributed by atoms with E-state index in [-0.39, 0.29) is 0 Å². The monoisotopic (exact) mass is 326 g/mol. The second-order valence-corrected chi connectivity index (χ2v) is 5.26. The predicted octanol–water partition coefficient (Wildman–Crippen LogP) is 1.87. The molecule has 0 unspecified atom stereocenters. The van der Waals surface area contributed by atoms with Gasteiger partial charge in [-0.25, -0.2) is 4.79 Å². The van der Waals surface area contributed by atoms with E-state index in [0.29, 0.717) is 11.1 Å². The van der Waals surface area contributed by atoms with E-state index in [1.165, 1.54) is 0 Å². The summed E-state index contributed by atoms with van der Waals surface area (Å²) in [6.07, 6.45) is 0. The molecule has 2 aromatic carbocycles. The van der Waals surface area contributed by atoms with Crippen LogP contribution in [0.3, 0.4) is 0 Å². The fourth-order valence-corrected chi connectivity index (χ4v) is 1.95. The molecule has 2 amide bonds. The Labute approximate surface area is 140 Å². The summed E-state index contributed by atoms with van der Waals surface area (Å²) in [5, 5.41) is 2.17. The van der Waals surface area contributed by atoms with Gasteiger partial charge in [-0.1, -0.05) is 24.3 Å². The SMILES string of the molecule is CN(C)c1cccc(C(=O)OCC(=O)NC(=O)c2ccccc2)c1. The van der Waals surface area contributed by atoms with Crippen LogP contribution in [0.15, 0.2) is 54.6 Å². The fourth-order valence-electron chi connectivity index (χ4n) is 1.95. The molecule has 0 spiro atoms. The molecule has 0 saturated carbocycles. The molecular weight excluding hydrogens is 308 g/mol. The third-order valence-corrected chi connectivity index (χ3v) is 3.22. The molecule has 24 heavy (non-hydrogen) atoms. The van der Waals surface area contributed by atoms with E-state index in [1.807, 2.05) is 25.1 Å². The van der Waals surface area contributed by atoms with Gasteiger partial charge in [-0.3, -0.25) is 14.9 Å². The summed E-state index contributed by atoms with van der Waals surface area (Å²) >= 11 is 0. The van der Waals surface area contributed by atoms with Gasteiger partial charge in [0.05, 0.1) is 5.56 Å². The lowest BCUT2D eigenvalue weighted by molar-refractivity contribution is -0.123. The number of hydrogen-bond acceptors (Lipinski definition) is 5. The summed E-state index contributed by atoms with van der Waals surface area (Å²) in [6.45, 7) is -0.524.